The summed E-state index contributed by atoms with van der Waals surface area (Å²) < 4.78 is 76.3. The van der Waals surface area contributed by atoms with E-state index in [1.54, 1.807) is 0 Å². The molecule has 0 spiro atoms. The average molecular weight is 493 g/mol. The number of anilines is 1. The zero-order chi connectivity index (χ0) is 24.6. The summed E-state index contributed by atoms with van der Waals surface area (Å²) >= 11 is 0.336. The summed E-state index contributed by atoms with van der Waals surface area (Å²) in [5.41, 5.74) is -0.0846. The van der Waals surface area contributed by atoms with Crippen LogP contribution in [-0.2, 0) is 4.79 Å². The monoisotopic (exact) mass is 493 g/mol. The summed E-state index contributed by atoms with van der Waals surface area (Å²) in [6.45, 7) is 0.924. The van der Waals surface area contributed by atoms with Crippen LogP contribution in [0.2, 0.25) is 0 Å². The first kappa shape index (κ1) is 25.0. The summed E-state index contributed by atoms with van der Waals surface area (Å²) in [4.78, 5) is 20.4. The van der Waals surface area contributed by atoms with Gasteiger partial charge in [0.05, 0.1) is 24.8 Å². The van der Waals surface area contributed by atoms with Crippen molar-refractivity contribution in [1.82, 2.24) is 9.97 Å². The number of alkyl halides is 3. The van der Waals surface area contributed by atoms with Crippen molar-refractivity contribution >= 4 is 30.9 Å². The third kappa shape index (κ3) is 5.14. The molecule has 33 heavy (non-hydrogen) atoms. The molecule has 0 saturated carbocycles. The number of rotatable bonds is 6. The number of amides is 1. The molecule has 0 aliphatic carbocycles. The second-order valence-corrected chi connectivity index (χ2v) is 8.88. The molecule has 3 atom stereocenters. The highest BCUT2D eigenvalue weighted by Crippen LogP contribution is 2.59. The first-order chi connectivity index (χ1) is 15.4. The fourth-order valence-electron chi connectivity index (χ4n) is 3.42. The Morgan fingerprint density at radius 3 is 2.45 bits per heavy atom. The van der Waals surface area contributed by atoms with E-state index in [1.807, 2.05) is 0 Å². The molecule has 1 aromatic carbocycles. The fraction of sp³-hybridized carbons (Fsp3) is 0.389. The van der Waals surface area contributed by atoms with Crippen molar-refractivity contribution in [3.8, 4) is 11.5 Å². The van der Waals surface area contributed by atoms with Gasteiger partial charge in [-0.25, -0.2) is 14.4 Å². The zero-order valence-corrected chi connectivity index (χ0v) is 17.9. The third-order valence-corrected chi connectivity index (χ3v) is 6.72. The molecule has 3 N–H and O–H groups in total. The number of benzene rings is 1. The molecule has 0 bridgehead atoms. The van der Waals surface area contributed by atoms with Crippen molar-refractivity contribution in [2.45, 2.75) is 35.4 Å². The van der Waals surface area contributed by atoms with Crippen LogP contribution in [0.25, 0.3) is 0 Å². The fourth-order valence-corrected chi connectivity index (χ4v) is 4.96. The Balaban J connectivity index is 1.93. The van der Waals surface area contributed by atoms with Crippen LogP contribution in [0.4, 0.5) is 27.9 Å². The van der Waals surface area contributed by atoms with Crippen LogP contribution < -0.4 is 14.7 Å². The smallest absolute Gasteiger partial charge is 0.509 e. The highest BCUT2D eigenvalue weighted by molar-refractivity contribution is 8.02. The van der Waals surface area contributed by atoms with Crippen LogP contribution in [-0.4, -0.2) is 56.5 Å². The highest BCUT2D eigenvalue weighted by atomic mass is 32.2. The van der Waals surface area contributed by atoms with E-state index in [-0.39, 0.29) is 17.3 Å². The van der Waals surface area contributed by atoms with Crippen molar-refractivity contribution in [3.05, 3.63) is 41.7 Å². The molecule has 3 rings (SSSR count). The van der Waals surface area contributed by atoms with Gasteiger partial charge >= 0.3 is 13.5 Å². The first-order valence-electron chi connectivity index (χ1n) is 9.28. The molecule has 2 heterocycles. The number of hydrogen-bond acceptors (Lipinski definition) is 8. The van der Waals surface area contributed by atoms with E-state index in [1.165, 1.54) is 0 Å². The maximum Gasteiger partial charge on any atom is 0.707 e. The summed E-state index contributed by atoms with van der Waals surface area (Å²) in [6.07, 6.45) is -3.29. The van der Waals surface area contributed by atoms with Gasteiger partial charge in [-0.1, -0.05) is 6.07 Å². The van der Waals surface area contributed by atoms with Gasteiger partial charge in [0.2, 0.25) is 17.7 Å². The quantitative estimate of drug-likeness (QED) is 0.416. The van der Waals surface area contributed by atoms with Crippen LogP contribution in [0.15, 0.2) is 24.5 Å². The lowest BCUT2D eigenvalue weighted by atomic mass is 9.86. The highest BCUT2D eigenvalue weighted by Gasteiger charge is 2.61. The topological polar surface area (TPSA) is 114 Å². The van der Waals surface area contributed by atoms with Gasteiger partial charge in [0, 0.05) is 11.5 Å². The number of carbonyl (C=O) groups excluding carboxylic acids is 1. The van der Waals surface area contributed by atoms with Gasteiger partial charge in [0.15, 0.2) is 11.6 Å². The number of thioether (sulfide) groups is 1. The molecule has 1 amide bonds. The maximum atomic E-state index is 14.2. The van der Waals surface area contributed by atoms with E-state index in [4.69, 9.17) is 14.8 Å². The van der Waals surface area contributed by atoms with Crippen LogP contribution in [0.1, 0.15) is 24.8 Å². The predicted molar refractivity (Wildman–Crippen MR) is 108 cm³/mol. The van der Waals surface area contributed by atoms with Crippen LogP contribution in [0.5, 0.6) is 11.5 Å². The van der Waals surface area contributed by atoms with Gasteiger partial charge in [-0.3, -0.25) is 10.1 Å². The Morgan fingerprint density at radius 1 is 1.27 bits per heavy atom. The third-order valence-electron chi connectivity index (χ3n) is 5.01. The first-order valence-corrected chi connectivity index (χ1v) is 10.2. The van der Waals surface area contributed by atoms with E-state index in [2.05, 4.69) is 19.9 Å². The molecule has 1 aliphatic heterocycles. The number of ether oxygens (including phenoxy) is 1. The predicted octanol–water partition coefficient (Wildman–Crippen LogP) is 2.66. The Morgan fingerprint density at radius 2 is 1.91 bits per heavy atom. The molecule has 15 heteroatoms. The molecule has 1 fully saturated rings. The van der Waals surface area contributed by atoms with Crippen molar-refractivity contribution < 1.29 is 46.2 Å². The van der Waals surface area contributed by atoms with Crippen molar-refractivity contribution in [1.29, 1.82) is 0 Å². The largest absolute Gasteiger partial charge is 0.707 e. The normalized spacial score (nSPS) is 22.7. The minimum atomic E-state index is -4.70. The molecular weight excluding hydrogens is 476 g/mol. The Bertz CT molecular complexity index is 1030. The molecule has 3 unspecified atom stereocenters. The van der Waals surface area contributed by atoms with Gasteiger partial charge in [0.1, 0.15) is 10.5 Å². The van der Waals surface area contributed by atoms with Crippen LogP contribution in [0, 0.1) is 11.6 Å². The van der Waals surface area contributed by atoms with Gasteiger partial charge in [-0.05, 0) is 19.4 Å². The SMILES string of the molecule is COc1c(C2CC(C)(C(F)(F)F)SC2C(=O)Nc2ncc(OB(O)O)cn2)ccc(F)c1F. The summed E-state index contributed by atoms with van der Waals surface area (Å²) in [5, 5.41) is 18.4. The van der Waals surface area contributed by atoms with Crippen molar-refractivity contribution in [3.63, 3.8) is 0 Å². The Kier molecular flexibility index (Phi) is 7.05. The number of methoxy groups -OCH3 is 1. The molecular formula is C18H17BF5N3O5S. The number of hydrogen-bond donors (Lipinski definition) is 3. The zero-order valence-electron chi connectivity index (χ0n) is 17.1. The molecule has 0 radical (unpaired) electrons. The minimum Gasteiger partial charge on any atom is -0.509 e. The number of nitrogens with zero attached hydrogens (tertiary/aromatic N) is 2. The number of aromatic nitrogens is 2. The Labute approximate surface area is 188 Å². The lowest BCUT2D eigenvalue weighted by Gasteiger charge is -2.26. The second kappa shape index (κ2) is 9.31. The number of nitrogens with one attached hydrogen (secondary N) is 1. The van der Waals surface area contributed by atoms with Crippen molar-refractivity contribution in [2.75, 3.05) is 12.4 Å². The van der Waals surface area contributed by atoms with Crippen LogP contribution in [0.3, 0.4) is 0 Å². The van der Waals surface area contributed by atoms with Gasteiger partial charge in [0.25, 0.3) is 0 Å². The van der Waals surface area contributed by atoms with Crippen molar-refractivity contribution in [2.24, 2.45) is 0 Å². The average Bonchev–Trinajstić information content (AvgIpc) is 3.10. The van der Waals surface area contributed by atoms with Gasteiger partial charge in [-0.2, -0.15) is 17.6 Å². The summed E-state index contributed by atoms with van der Waals surface area (Å²) in [6, 6.07) is 1.85. The lowest BCUT2D eigenvalue weighted by Crippen LogP contribution is -2.37. The van der Waals surface area contributed by atoms with E-state index in [0.717, 1.165) is 38.6 Å². The molecule has 1 aromatic heterocycles. The second-order valence-electron chi connectivity index (χ2n) is 7.24. The van der Waals surface area contributed by atoms with E-state index in [9.17, 15) is 26.7 Å². The molecule has 8 nitrogen and oxygen atoms in total. The van der Waals surface area contributed by atoms with Gasteiger partial charge < -0.3 is 19.4 Å². The standard InChI is InChI=1S/C18H17BF5N3O5S/c1-17(18(22,23)24)5-10(9-3-4-11(20)12(21)13(9)31-2)14(33-17)15(28)27-16-25-6-8(7-26-16)32-19(29)30/h3-4,6-7,10,14,29-30H,5H2,1-2H3,(H,25,26,27,28). The maximum absolute atomic E-state index is 14.2. The molecule has 2 aromatic rings. The summed E-state index contributed by atoms with van der Waals surface area (Å²) in [5.74, 6) is -5.72. The number of halogens is 5. The molecule has 1 saturated heterocycles. The Hall–Kier alpha value is -2.65. The van der Waals surface area contributed by atoms with E-state index >= 15 is 0 Å². The molecule has 178 valence electrons. The number of carbonyl (C=O) groups is 1. The lowest BCUT2D eigenvalue weighted by molar-refractivity contribution is -0.155. The van der Waals surface area contributed by atoms with E-state index in [0.29, 0.717) is 11.8 Å². The minimum absolute atomic E-state index is 0.0846. The van der Waals surface area contributed by atoms with Gasteiger partial charge in [-0.15, -0.1) is 11.8 Å². The van der Waals surface area contributed by atoms with E-state index < -0.39 is 59.1 Å². The molecule has 1 aliphatic rings. The van der Waals surface area contributed by atoms with Crippen LogP contribution >= 0.6 is 11.8 Å². The summed E-state index contributed by atoms with van der Waals surface area (Å²) in [7, 11) is -1.08.